The van der Waals surface area contributed by atoms with Gasteiger partial charge in [0.05, 0.1) is 0 Å². The lowest BCUT2D eigenvalue weighted by Crippen LogP contribution is -2.35. The number of hydrogen-bond donors (Lipinski definition) is 2. The molecule has 1 aromatic rings. The van der Waals surface area contributed by atoms with Gasteiger partial charge in [0.1, 0.15) is 10.6 Å². The molecule has 0 fully saturated rings. The molecule has 0 aliphatic carbocycles. The molecule has 1 atom stereocenters. The van der Waals surface area contributed by atoms with Crippen molar-refractivity contribution in [2.24, 2.45) is 5.14 Å². The lowest BCUT2D eigenvalue weighted by atomic mass is 10.2. The Morgan fingerprint density at radius 3 is 2.62 bits per heavy atom. The fraction of sp³-hybridized carbons (Fsp3) is 0.462. The molecule has 1 amide bonds. The van der Waals surface area contributed by atoms with E-state index in [1.807, 2.05) is 13.8 Å². The molecule has 8 heteroatoms. The maximum absolute atomic E-state index is 11.7. The van der Waals surface area contributed by atoms with Crippen LogP contribution in [0, 0.1) is 6.92 Å². The van der Waals surface area contributed by atoms with Gasteiger partial charge < -0.3 is 10.1 Å². The number of amides is 1. The number of rotatable bonds is 6. The number of nitrogens with one attached hydrogen (secondary N) is 1. The number of sulfonamides is 1. The first kappa shape index (κ1) is 17.9. The molecule has 6 nitrogen and oxygen atoms in total. The van der Waals surface area contributed by atoms with Crippen LogP contribution in [0.2, 0.25) is 0 Å². The lowest BCUT2D eigenvalue weighted by molar-refractivity contribution is -0.123. The molecule has 0 saturated heterocycles. The number of primary sulfonamides is 1. The van der Waals surface area contributed by atoms with Crippen molar-refractivity contribution >= 4 is 31.9 Å². The molecule has 0 saturated carbocycles. The maximum Gasteiger partial charge on any atom is 0.258 e. The molecule has 0 radical (unpaired) electrons. The van der Waals surface area contributed by atoms with Crippen molar-refractivity contribution in [2.75, 3.05) is 6.61 Å². The fourth-order valence-electron chi connectivity index (χ4n) is 1.65. The number of hydrogen-bond acceptors (Lipinski definition) is 4. The molecule has 1 rings (SSSR count). The standard InChI is InChI=1S/C13H19BrN2O4S/c1-4-9(3)16-12(17)7-20-13-8(2)5-10(14)6-11(13)21(15,18)19/h5-6,9H,4,7H2,1-3H3,(H,16,17)(H2,15,18,19). The predicted octanol–water partition coefficient (Wildman–Crippen LogP) is 1.70. The summed E-state index contributed by atoms with van der Waals surface area (Å²) in [6.07, 6.45) is 0.797. The average molecular weight is 379 g/mol. The van der Waals surface area contributed by atoms with Gasteiger partial charge in [0.2, 0.25) is 10.0 Å². The summed E-state index contributed by atoms with van der Waals surface area (Å²) in [6, 6.07) is 3.07. The van der Waals surface area contributed by atoms with E-state index in [0.717, 1.165) is 6.42 Å². The molecule has 0 aromatic heterocycles. The van der Waals surface area contributed by atoms with Crippen LogP contribution in [0.25, 0.3) is 0 Å². The first-order chi connectivity index (χ1) is 9.65. The normalized spacial score (nSPS) is 12.8. The summed E-state index contributed by atoms with van der Waals surface area (Å²) < 4.78 is 29.1. The van der Waals surface area contributed by atoms with Gasteiger partial charge in [-0.05, 0) is 38.0 Å². The molecular weight excluding hydrogens is 360 g/mol. The van der Waals surface area contributed by atoms with Gasteiger partial charge in [-0.2, -0.15) is 0 Å². The van der Waals surface area contributed by atoms with E-state index in [0.29, 0.717) is 10.0 Å². The van der Waals surface area contributed by atoms with E-state index < -0.39 is 10.0 Å². The van der Waals surface area contributed by atoms with Crippen molar-refractivity contribution in [1.29, 1.82) is 0 Å². The Balaban J connectivity index is 2.96. The summed E-state index contributed by atoms with van der Waals surface area (Å²) in [5.41, 5.74) is 0.574. The van der Waals surface area contributed by atoms with E-state index in [1.165, 1.54) is 6.07 Å². The third kappa shape index (κ3) is 5.29. The summed E-state index contributed by atoms with van der Waals surface area (Å²) in [7, 11) is -3.94. The quantitative estimate of drug-likeness (QED) is 0.786. The van der Waals surface area contributed by atoms with E-state index >= 15 is 0 Å². The first-order valence-corrected chi connectivity index (χ1v) is 8.74. The van der Waals surface area contributed by atoms with Crippen molar-refractivity contribution in [3.05, 3.63) is 22.2 Å². The number of benzene rings is 1. The van der Waals surface area contributed by atoms with Gasteiger partial charge in [-0.15, -0.1) is 0 Å². The van der Waals surface area contributed by atoms with Crippen LogP contribution in [0.4, 0.5) is 0 Å². The van der Waals surface area contributed by atoms with Crippen LogP contribution in [0.1, 0.15) is 25.8 Å². The second-order valence-corrected chi connectivity index (χ2v) is 7.21. The molecular formula is C13H19BrN2O4S. The van der Waals surface area contributed by atoms with Gasteiger partial charge in [0.25, 0.3) is 5.91 Å². The highest BCUT2D eigenvalue weighted by molar-refractivity contribution is 9.10. The summed E-state index contributed by atoms with van der Waals surface area (Å²) >= 11 is 3.21. The van der Waals surface area contributed by atoms with Gasteiger partial charge in [-0.3, -0.25) is 4.79 Å². The summed E-state index contributed by atoms with van der Waals surface area (Å²) in [5, 5.41) is 7.91. The van der Waals surface area contributed by atoms with E-state index in [9.17, 15) is 13.2 Å². The third-order valence-electron chi connectivity index (χ3n) is 2.88. The third-order valence-corrected chi connectivity index (χ3v) is 4.25. The predicted molar refractivity (Wildman–Crippen MR) is 83.6 cm³/mol. The average Bonchev–Trinajstić information content (AvgIpc) is 2.35. The van der Waals surface area contributed by atoms with E-state index in [4.69, 9.17) is 9.88 Å². The molecule has 21 heavy (non-hydrogen) atoms. The summed E-state index contributed by atoms with van der Waals surface area (Å²) in [5.74, 6) is -0.216. The molecule has 0 heterocycles. The molecule has 118 valence electrons. The second-order valence-electron chi connectivity index (χ2n) is 4.76. The Morgan fingerprint density at radius 2 is 2.10 bits per heavy atom. The van der Waals surface area contributed by atoms with Crippen molar-refractivity contribution in [3.8, 4) is 5.75 Å². The van der Waals surface area contributed by atoms with E-state index in [2.05, 4.69) is 21.2 Å². The highest BCUT2D eigenvalue weighted by Crippen LogP contribution is 2.30. The zero-order valence-electron chi connectivity index (χ0n) is 12.1. The van der Waals surface area contributed by atoms with Crippen LogP contribution >= 0.6 is 15.9 Å². The van der Waals surface area contributed by atoms with Crippen LogP contribution in [-0.2, 0) is 14.8 Å². The molecule has 1 unspecified atom stereocenters. The van der Waals surface area contributed by atoms with Gasteiger partial charge in [-0.25, -0.2) is 13.6 Å². The van der Waals surface area contributed by atoms with Crippen molar-refractivity contribution in [2.45, 2.75) is 38.1 Å². The molecule has 0 aliphatic rings. The first-order valence-electron chi connectivity index (χ1n) is 6.40. The second kappa shape index (κ2) is 7.24. The van der Waals surface area contributed by atoms with E-state index in [1.54, 1.807) is 13.0 Å². The highest BCUT2D eigenvalue weighted by atomic mass is 79.9. The Labute approximate surface area is 133 Å². The van der Waals surface area contributed by atoms with Crippen LogP contribution in [0.5, 0.6) is 5.75 Å². The van der Waals surface area contributed by atoms with Crippen LogP contribution in [0.15, 0.2) is 21.5 Å². The number of carbonyl (C=O) groups excluding carboxylic acids is 1. The Bertz CT molecular complexity index is 631. The summed E-state index contributed by atoms with van der Waals surface area (Å²) in [6.45, 7) is 5.24. The monoisotopic (exact) mass is 378 g/mol. The lowest BCUT2D eigenvalue weighted by Gasteiger charge is -2.15. The molecule has 0 aliphatic heterocycles. The van der Waals surface area contributed by atoms with Gasteiger partial charge >= 0.3 is 0 Å². The fourth-order valence-corrected chi connectivity index (χ4v) is 3.15. The number of aryl methyl sites for hydroxylation is 1. The molecule has 0 bridgehead atoms. The van der Waals surface area contributed by atoms with Crippen molar-refractivity contribution in [3.63, 3.8) is 0 Å². The highest BCUT2D eigenvalue weighted by Gasteiger charge is 2.19. The number of carbonyl (C=O) groups is 1. The number of halogens is 1. The topological polar surface area (TPSA) is 98.5 Å². The summed E-state index contributed by atoms with van der Waals surface area (Å²) in [4.78, 5) is 11.6. The Morgan fingerprint density at radius 1 is 1.48 bits per heavy atom. The largest absolute Gasteiger partial charge is 0.482 e. The van der Waals surface area contributed by atoms with E-state index in [-0.39, 0.29) is 29.2 Å². The Kier molecular flexibility index (Phi) is 6.18. The minimum absolute atomic E-state index is 0.0322. The number of ether oxygens (including phenoxy) is 1. The minimum Gasteiger partial charge on any atom is -0.482 e. The SMILES string of the molecule is CCC(C)NC(=O)COc1c(C)cc(Br)cc1S(N)(=O)=O. The number of nitrogens with two attached hydrogens (primary N) is 1. The molecule has 1 aromatic carbocycles. The smallest absolute Gasteiger partial charge is 0.258 e. The zero-order valence-corrected chi connectivity index (χ0v) is 14.5. The molecule has 3 N–H and O–H groups in total. The minimum atomic E-state index is -3.94. The zero-order chi connectivity index (χ0) is 16.2. The van der Waals surface area contributed by atoms with Crippen molar-refractivity contribution < 1.29 is 17.9 Å². The van der Waals surface area contributed by atoms with Gasteiger partial charge in [-0.1, -0.05) is 22.9 Å². The van der Waals surface area contributed by atoms with Crippen molar-refractivity contribution in [1.82, 2.24) is 5.32 Å². The molecule has 0 spiro atoms. The van der Waals surface area contributed by atoms with Crippen LogP contribution in [-0.4, -0.2) is 27.0 Å². The Hall–Kier alpha value is -1.12. The maximum atomic E-state index is 11.7. The van der Waals surface area contributed by atoms with Crippen LogP contribution < -0.4 is 15.2 Å². The van der Waals surface area contributed by atoms with Gasteiger partial charge in [0.15, 0.2) is 6.61 Å². The van der Waals surface area contributed by atoms with Crippen LogP contribution in [0.3, 0.4) is 0 Å². The van der Waals surface area contributed by atoms with Gasteiger partial charge in [0, 0.05) is 10.5 Å².